The molecule has 40 heavy (non-hydrogen) atoms. The Morgan fingerprint density at radius 3 is 2.65 bits per heavy atom. The number of anilines is 1. The van der Waals surface area contributed by atoms with E-state index in [0.717, 1.165) is 48.0 Å². The maximum Gasteiger partial charge on any atom is 0.439 e. The first-order chi connectivity index (χ1) is 19.3. The van der Waals surface area contributed by atoms with E-state index in [2.05, 4.69) is 45.4 Å². The molecule has 1 aliphatic heterocycles. The normalized spacial score (nSPS) is 23.5. The van der Waals surface area contributed by atoms with Gasteiger partial charge in [-0.2, -0.15) is 0 Å². The third-order valence-corrected chi connectivity index (χ3v) is 8.81. The van der Waals surface area contributed by atoms with Gasteiger partial charge in [0.25, 0.3) is 0 Å². The van der Waals surface area contributed by atoms with E-state index >= 15 is 0 Å². The van der Waals surface area contributed by atoms with Gasteiger partial charge in [-0.15, -0.1) is 0 Å². The van der Waals surface area contributed by atoms with Crippen LogP contribution in [0.4, 0.5) is 5.95 Å². The van der Waals surface area contributed by atoms with Gasteiger partial charge >= 0.3 is 5.76 Å². The second kappa shape index (κ2) is 11.0. The molecule has 0 radical (unpaired) electrons. The molecule has 4 aromatic rings. The minimum Gasteiger partial charge on any atom is -0.380 e. The van der Waals surface area contributed by atoms with Gasteiger partial charge in [-0.05, 0) is 49.1 Å². The van der Waals surface area contributed by atoms with Crippen LogP contribution in [-0.2, 0) is 11.3 Å². The summed E-state index contributed by atoms with van der Waals surface area (Å²) in [6.07, 6.45) is 9.32. The van der Waals surface area contributed by atoms with Gasteiger partial charge < -0.3 is 14.2 Å². The molecule has 1 saturated heterocycles. The monoisotopic (exact) mass is 565 g/mol. The molecule has 1 aliphatic carbocycles. The Balaban J connectivity index is 1.58. The van der Waals surface area contributed by atoms with Crippen LogP contribution in [-0.4, -0.2) is 55.5 Å². The number of nitrogens with zero attached hydrogens (tertiary/aromatic N) is 6. The number of nitrogens with one attached hydrogen (secondary N) is 1. The van der Waals surface area contributed by atoms with Crippen molar-refractivity contribution in [2.75, 3.05) is 18.6 Å². The largest absolute Gasteiger partial charge is 0.439 e. The predicted molar refractivity (Wildman–Crippen MR) is 154 cm³/mol. The summed E-state index contributed by atoms with van der Waals surface area (Å²) in [7, 11) is 1.79. The second-order valence-corrected chi connectivity index (χ2v) is 12.2. The summed E-state index contributed by atoms with van der Waals surface area (Å²) in [5, 5.41) is 4.42. The quantitative estimate of drug-likeness (QED) is 0.309. The number of methoxy groups -OCH3 is 1. The molecule has 1 N–H and O–H groups in total. The molecule has 10 nitrogen and oxygen atoms in total. The lowest BCUT2D eigenvalue weighted by Gasteiger charge is -2.31. The topological polar surface area (TPSA) is 115 Å². The van der Waals surface area contributed by atoms with Gasteiger partial charge in [-0.3, -0.25) is 14.5 Å². The van der Waals surface area contributed by atoms with Crippen LogP contribution in [0.25, 0.3) is 33.8 Å². The van der Waals surface area contributed by atoms with Crippen LogP contribution in [0.15, 0.2) is 33.8 Å². The van der Waals surface area contributed by atoms with Crippen LogP contribution in [0.3, 0.4) is 0 Å². The summed E-state index contributed by atoms with van der Waals surface area (Å²) in [6, 6.07) is 4.03. The molecule has 2 fully saturated rings. The lowest BCUT2D eigenvalue weighted by molar-refractivity contribution is 0.116. The summed E-state index contributed by atoms with van der Waals surface area (Å²) in [6.45, 7) is 8.49. The smallest absolute Gasteiger partial charge is 0.380 e. The number of hydrogen-bond acceptors (Lipinski definition) is 8. The molecular weight excluding hydrogens is 530 g/mol. The molecule has 5 heterocycles. The van der Waals surface area contributed by atoms with E-state index in [1.165, 1.54) is 25.7 Å². The number of aromatic nitrogens is 6. The Morgan fingerprint density at radius 2 is 1.98 bits per heavy atom. The lowest BCUT2D eigenvalue weighted by atomic mass is 9.83. The average molecular weight is 566 g/mol. The molecule has 2 aliphatic rings. The number of aromatic amines is 1. The minimum absolute atomic E-state index is 0.140. The number of rotatable bonds is 7. The lowest BCUT2D eigenvalue weighted by Crippen LogP contribution is -2.36. The number of fused-ring (bicyclic) bond motifs is 1. The first-order valence-electron chi connectivity index (χ1n) is 14.2. The molecule has 212 valence electrons. The van der Waals surface area contributed by atoms with Crippen molar-refractivity contribution in [2.24, 2.45) is 17.8 Å². The van der Waals surface area contributed by atoms with E-state index < -0.39 is 5.76 Å². The second-order valence-electron chi connectivity index (χ2n) is 11.8. The van der Waals surface area contributed by atoms with E-state index in [4.69, 9.17) is 30.8 Å². The standard InChI is InChI=1S/C29H36ClN7O3/c1-16(2)24-10-21(39-4)15-36(24)28-33-22-11-23(27-34-29(38)40-35-27)32-25(19-9-20(30)13-31-12-19)26(22)37(28)14-18-7-5-17(3)6-8-18/h9,11-13,16-18,21,24H,5-8,10,14-15H2,1-4H3,(H,34,35,38)/t17-,18-,21-,24?/m1/s1. The zero-order valence-electron chi connectivity index (χ0n) is 23.4. The van der Waals surface area contributed by atoms with Crippen LogP contribution in [0.2, 0.25) is 5.02 Å². The zero-order chi connectivity index (χ0) is 28.0. The molecule has 4 aromatic heterocycles. The highest BCUT2D eigenvalue weighted by atomic mass is 35.5. The van der Waals surface area contributed by atoms with Crippen molar-refractivity contribution in [1.29, 1.82) is 0 Å². The minimum atomic E-state index is -0.636. The van der Waals surface area contributed by atoms with Crippen LogP contribution < -0.4 is 10.7 Å². The molecular formula is C29H36ClN7O3. The number of pyridine rings is 2. The number of imidazole rings is 1. The first-order valence-corrected chi connectivity index (χ1v) is 14.6. The fourth-order valence-corrected chi connectivity index (χ4v) is 6.54. The van der Waals surface area contributed by atoms with Crippen molar-refractivity contribution in [2.45, 2.75) is 71.6 Å². The molecule has 0 amide bonds. The van der Waals surface area contributed by atoms with Crippen LogP contribution >= 0.6 is 11.6 Å². The molecule has 0 bridgehead atoms. The van der Waals surface area contributed by atoms with E-state index in [9.17, 15) is 4.79 Å². The maximum absolute atomic E-state index is 11.8. The summed E-state index contributed by atoms with van der Waals surface area (Å²) >= 11 is 6.40. The average Bonchev–Trinajstić information content (AvgIpc) is 3.66. The number of ether oxygens (including phenoxy) is 1. The molecule has 1 unspecified atom stereocenters. The van der Waals surface area contributed by atoms with E-state index in [-0.39, 0.29) is 11.9 Å². The van der Waals surface area contributed by atoms with E-state index in [1.54, 1.807) is 19.5 Å². The number of H-pyrrole nitrogens is 1. The highest BCUT2D eigenvalue weighted by Crippen LogP contribution is 2.39. The Kier molecular flexibility index (Phi) is 7.39. The highest BCUT2D eigenvalue weighted by molar-refractivity contribution is 6.30. The van der Waals surface area contributed by atoms with Crippen molar-refractivity contribution >= 4 is 28.6 Å². The fourth-order valence-electron chi connectivity index (χ4n) is 6.37. The summed E-state index contributed by atoms with van der Waals surface area (Å²) in [4.78, 5) is 31.4. The summed E-state index contributed by atoms with van der Waals surface area (Å²) in [5.41, 5.74) is 3.62. The molecule has 6 rings (SSSR count). The third kappa shape index (κ3) is 5.14. The summed E-state index contributed by atoms with van der Waals surface area (Å²) in [5.74, 6) is 2.28. The van der Waals surface area contributed by atoms with Crippen molar-refractivity contribution in [3.8, 4) is 22.8 Å². The molecule has 0 aromatic carbocycles. The van der Waals surface area contributed by atoms with Crippen LogP contribution in [0.5, 0.6) is 0 Å². The first kappa shape index (κ1) is 27.0. The van der Waals surface area contributed by atoms with Gasteiger partial charge in [0.05, 0.1) is 27.9 Å². The van der Waals surface area contributed by atoms with Gasteiger partial charge in [0.15, 0.2) is 0 Å². The van der Waals surface area contributed by atoms with Gasteiger partial charge in [0.2, 0.25) is 11.8 Å². The molecule has 1 saturated carbocycles. The Bertz CT molecular complexity index is 1550. The summed E-state index contributed by atoms with van der Waals surface area (Å²) < 4.78 is 13.0. The molecule has 2 atom stereocenters. The Labute approximate surface area is 238 Å². The van der Waals surface area contributed by atoms with Gasteiger partial charge in [-0.25, -0.2) is 14.8 Å². The highest BCUT2D eigenvalue weighted by Gasteiger charge is 2.38. The van der Waals surface area contributed by atoms with Gasteiger partial charge in [-0.1, -0.05) is 50.4 Å². The van der Waals surface area contributed by atoms with Crippen molar-refractivity contribution in [1.82, 2.24) is 29.7 Å². The van der Waals surface area contributed by atoms with Crippen molar-refractivity contribution in [3.63, 3.8) is 0 Å². The maximum atomic E-state index is 11.8. The van der Waals surface area contributed by atoms with Crippen LogP contribution in [0.1, 0.15) is 52.9 Å². The molecule has 11 heteroatoms. The van der Waals surface area contributed by atoms with Gasteiger partial charge in [0, 0.05) is 44.2 Å². The SMILES string of the molecule is CO[C@@H]1CC(C(C)C)N(c2nc3cc(-c4noc(=O)[nH]4)nc(-c4cncc(Cl)c4)c3n2C[C@H]2CC[C@H](C)CC2)C1. The molecule has 0 spiro atoms. The van der Waals surface area contributed by atoms with Crippen LogP contribution in [0, 0.1) is 17.8 Å². The predicted octanol–water partition coefficient (Wildman–Crippen LogP) is 5.57. The van der Waals surface area contributed by atoms with E-state index in [0.29, 0.717) is 34.3 Å². The van der Waals surface area contributed by atoms with Crippen molar-refractivity contribution < 1.29 is 9.26 Å². The van der Waals surface area contributed by atoms with Gasteiger partial charge in [0.1, 0.15) is 5.69 Å². The number of hydrogen-bond donors (Lipinski definition) is 1. The Hall–Kier alpha value is -3.24. The van der Waals surface area contributed by atoms with E-state index in [1.807, 2.05) is 12.1 Å². The number of halogens is 1. The Morgan fingerprint density at radius 1 is 1.18 bits per heavy atom. The third-order valence-electron chi connectivity index (χ3n) is 8.61. The zero-order valence-corrected chi connectivity index (χ0v) is 24.2. The fraction of sp³-hybridized carbons (Fsp3) is 0.552. The van der Waals surface area contributed by atoms with Crippen molar-refractivity contribution in [3.05, 3.63) is 40.1 Å².